The molecule has 110 valence electrons. The molecule has 6 nitrogen and oxygen atoms in total. The van der Waals surface area contributed by atoms with Gasteiger partial charge in [0.25, 0.3) is 10.0 Å². The molecule has 0 spiro atoms. The minimum absolute atomic E-state index is 0.308. The van der Waals surface area contributed by atoms with Crippen molar-refractivity contribution in [3.8, 4) is 0 Å². The summed E-state index contributed by atoms with van der Waals surface area (Å²) in [5.41, 5.74) is 0.659. The van der Waals surface area contributed by atoms with Crippen molar-refractivity contribution in [3.63, 3.8) is 0 Å². The number of aliphatic imine (C=N–C) groups is 1. The van der Waals surface area contributed by atoms with Crippen LogP contribution in [0.5, 0.6) is 0 Å². The quantitative estimate of drug-likeness (QED) is 0.848. The third-order valence-electron chi connectivity index (χ3n) is 3.32. The molecule has 0 saturated carbocycles. The number of unbranched alkanes of at least 4 members (excludes halogenated alkanes) is 1. The predicted octanol–water partition coefficient (Wildman–Crippen LogP) is 1.40. The summed E-state index contributed by atoms with van der Waals surface area (Å²) in [5.74, 6) is 0.452. The van der Waals surface area contributed by atoms with E-state index in [1.807, 2.05) is 16.8 Å². The lowest BCUT2D eigenvalue weighted by Crippen LogP contribution is -2.22. The van der Waals surface area contributed by atoms with Gasteiger partial charge in [0.05, 0.1) is 11.2 Å². The highest BCUT2D eigenvalue weighted by atomic mass is 32.2. The molecule has 0 unspecified atom stereocenters. The highest BCUT2D eigenvalue weighted by Crippen LogP contribution is 2.22. The van der Waals surface area contributed by atoms with Crippen LogP contribution in [-0.2, 0) is 16.6 Å². The lowest BCUT2D eigenvalue weighted by Gasteiger charge is -2.01. The molecule has 1 aliphatic heterocycles. The lowest BCUT2D eigenvalue weighted by atomic mass is 10.2. The summed E-state index contributed by atoms with van der Waals surface area (Å²) in [4.78, 5) is 8.67. The standard InChI is InChI=1S/C14H16N4O2S/c19-21(20)13-6-2-1-5-12(13)14(17-21)16-7-3-4-9-18-10-8-15-11-18/h1-2,5-6,8,10-11H,3-4,7,9H2,(H,16,17). The Morgan fingerprint density at radius 1 is 1.24 bits per heavy atom. The van der Waals surface area contributed by atoms with Crippen molar-refractivity contribution in [1.82, 2.24) is 14.3 Å². The largest absolute Gasteiger partial charge is 0.337 e. The number of aryl methyl sites for hydroxylation is 1. The van der Waals surface area contributed by atoms with Gasteiger partial charge in [0.1, 0.15) is 5.84 Å². The predicted molar refractivity (Wildman–Crippen MR) is 79.6 cm³/mol. The molecule has 2 heterocycles. The van der Waals surface area contributed by atoms with Crippen LogP contribution in [0.25, 0.3) is 0 Å². The summed E-state index contributed by atoms with van der Waals surface area (Å²) in [6.45, 7) is 1.49. The van der Waals surface area contributed by atoms with Crippen molar-refractivity contribution in [2.24, 2.45) is 4.99 Å². The van der Waals surface area contributed by atoms with Gasteiger partial charge >= 0.3 is 0 Å². The maximum Gasteiger partial charge on any atom is 0.263 e. The fourth-order valence-corrected chi connectivity index (χ4v) is 3.52. The summed E-state index contributed by atoms with van der Waals surface area (Å²) < 4.78 is 28.3. The number of hydrogen-bond donors (Lipinski definition) is 1. The maximum atomic E-state index is 11.9. The van der Waals surface area contributed by atoms with E-state index in [-0.39, 0.29) is 0 Å². The Morgan fingerprint density at radius 3 is 2.90 bits per heavy atom. The Balaban J connectivity index is 1.60. The second kappa shape index (κ2) is 5.69. The monoisotopic (exact) mass is 304 g/mol. The molecule has 0 amide bonds. The zero-order valence-corrected chi connectivity index (χ0v) is 12.3. The topological polar surface area (TPSA) is 76.3 Å². The molecule has 0 fully saturated rings. The van der Waals surface area contributed by atoms with E-state index < -0.39 is 10.0 Å². The summed E-state index contributed by atoms with van der Waals surface area (Å²) in [7, 11) is -3.43. The number of nitrogens with one attached hydrogen (secondary N) is 1. The van der Waals surface area contributed by atoms with Gasteiger partial charge in [-0.25, -0.2) is 13.4 Å². The second-order valence-electron chi connectivity index (χ2n) is 4.84. The number of aromatic nitrogens is 2. The molecule has 1 aromatic heterocycles. The molecule has 0 bridgehead atoms. The van der Waals surface area contributed by atoms with E-state index in [0.717, 1.165) is 19.4 Å². The van der Waals surface area contributed by atoms with Gasteiger partial charge in [0.15, 0.2) is 0 Å². The first kappa shape index (κ1) is 13.8. The summed E-state index contributed by atoms with van der Waals surface area (Å²) in [6.07, 6.45) is 7.33. The molecule has 1 N–H and O–H groups in total. The molecule has 0 saturated heterocycles. The van der Waals surface area contributed by atoms with Crippen LogP contribution in [0.1, 0.15) is 18.4 Å². The first-order chi connectivity index (χ1) is 10.2. The number of amidine groups is 1. The third kappa shape index (κ3) is 2.97. The molecule has 21 heavy (non-hydrogen) atoms. The van der Waals surface area contributed by atoms with E-state index in [4.69, 9.17) is 0 Å². The Morgan fingerprint density at radius 2 is 2.10 bits per heavy atom. The van der Waals surface area contributed by atoms with Gasteiger partial charge in [-0.2, -0.15) is 0 Å². The molecule has 0 radical (unpaired) electrons. The van der Waals surface area contributed by atoms with Crippen molar-refractivity contribution >= 4 is 15.9 Å². The molecule has 2 aromatic rings. The zero-order chi connectivity index (χ0) is 14.7. The molecule has 1 aromatic carbocycles. The molecular weight excluding hydrogens is 288 g/mol. The van der Waals surface area contributed by atoms with Crippen LogP contribution < -0.4 is 4.72 Å². The van der Waals surface area contributed by atoms with Gasteiger partial charge in [0.2, 0.25) is 0 Å². The van der Waals surface area contributed by atoms with Crippen LogP contribution in [0.15, 0.2) is 52.9 Å². The minimum Gasteiger partial charge on any atom is -0.337 e. The van der Waals surface area contributed by atoms with Gasteiger partial charge < -0.3 is 4.57 Å². The van der Waals surface area contributed by atoms with Crippen LogP contribution in [-0.4, -0.2) is 30.3 Å². The average molecular weight is 304 g/mol. The van der Waals surface area contributed by atoms with E-state index in [1.54, 1.807) is 30.7 Å². The highest BCUT2D eigenvalue weighted by molar-refractivity contribution is 7.90. The van der Waals surface area contributed by atoms with E-state index in [9.17, 15) is 8.42 Å². The Hall–Kier alpha value is -2.15. The van der Waals surface area contributed by atoms with Crippen LogP contribution >= 0.6 is 0 Å². The number of rotatable bonds is 5. The number of hydrogen-bond acceptors (Lipinski definition) is 4. The third-order valence-corrected chi connectivity index (χ3v) is 4.71. The molecule has 1 aliphatic rings. The molecular formula is C14H16N4O2S. The Labute approximate surface area is 123 Å². The fraction of sp³-hybridized carbons (Fsp3) is 0.286. The molecule has 7 heteroatoms. The van der Waals surface area contributed by atoms with Crippen molar-refractivity contribution in [1.29, 1.82) is 0 Å². The fourth-order valence-electron chi connectivity index (χ4n) is 2.27. The van der Waals surface area contributed by atoms with E-state index in [1.165, 1.54) is 0 Å². The maximum absolute atomic E-state index is 11.9. The number of sulfonamides is 1. The summed E-state index contributed by atoms with van der Waals surface area (Å²) in [5, 5.41) is 0. The average Bonchev–Trinajstić information content (AvgIpc) is 3.06. The van der Waals surface area contributed by atoms with Crippen molar-refractivity contribution in [2.45, 2.75) is 24.3 Å². The first-order valence-corrected chi connectivity index (χ1v) is 8.27. The van der Waals surface area contributed by atoms with E-state index in [2.05, 4.69) is 14.7 Å². The van der Waals surface area contributed by atoms with Gasteiger partial charge in [-0.15, -0.1) is 0 Å². The highest BCUT2D eigenvalue weighted by Gasteiger charge is 2.29. The van der Waals surface area contributed by atoms with Gasteiger partial charge in [0, 0.05) is 31.0 Å². The number of imidazole rings is 1. The van der Waals surface area contributed by atoms with Crippen molar-refractivity contribution in [3.05, 3.63) is 48.5 Å². The number of fused-ring (bicyclic) bond motifs is 1. The van der Waals surface area contributed by atoms with Crippen LogP contribution in [0.4, 0.5) is 0 Å². The lowest BCUT2D eigenvalue weighted by molar-refractivity contribution is 0.594. The zero-order valence-electron chi connectivity index (χ0n) is 11.4. The molecule has 3 rings (SSSR count). The SMILES string of the molecule is O=S1(=O)NC(=NCCCCn2ccnc2)c2ccccc21. The van der Waals surface area contributed by atoms with Crippen molar-refractivity contribution in [2.75, 3.05) is 6.54 Å². The van der Waals surface area contributed by atoms with Crippen LogP contribution in [0.3, 0.4) is 0 Å². The number of benzene rings is 1. The Bertz CT molecular complexity index is 751. The van der Waals surface area contributed by atoms with Crippen LogP contribution in [0.2, 0.25) is 0 Å². The van der Waals surface area contributed by atoms with Gasteiger partial charge in [-0.1, -0.05) is 12.1 Å². The minimum atomic E-state index is -3.43. The number of nitrogens with zero attached hydrogens (tertiary/aromatic N) is 3. The molecule has 0 aliphatic carbocycles. The second-order valence-corrected chi connectivity index (χ2v) is 6.49. The normalized spacial score (nSPS) is 17.6. The van der Waals surface area contributed by atoms with E-state index in [0.29, 0.717) is 22.8 Å². The molecule has 0 atom stereocenters. The summed E-state index contributed by atoms with van der Waals surface area (Å²) >= 11 is 0. The smallest absolute Gasteiger partial charge is 0.263 e. The van der Waals surface area contributed by atoms with Crippen LogP contribution in [0, 0.1) is 0 Å². The van der Waals surface area contributed by atoms with Gasteiger partial charge in [-0.05, 0) is 25.0 Å². The van der Waals surface area contributed by atoms with E-state index >= 15 is 0 Å². The van der Waals surface area contributed by atoms with Gasteiger partial charge in [-0.3, -0.25) is 9.71 Å². The first-order valence-electron chi connectivity index (χ1n) is 6.79. The van der Waals surface area contributed by atoms with Crippen molar-refractivity contribution < 1.29 is 8.42 Å². The summed E-state index contributed by atoms with van der Waals surface area (Å²) in [6, 6.07) is 6.90. The Kier molecular flexibility index (Phi) is 3.74.